The lowest BCUT2D eigenvalue weighted by Crippen LogP contribution is -2.40. The van der Waals surface area contributed by atoms with E-state index in [1.165, 1.54) is 12.1 Å². The number of carboxylic acid groups (broad SMARTS) is 1. The van der Waals surface area contributed by atoms with Gasteiger partial charge >= 0.3 is 5.97 Å². The molecule has 0 aliphatic carbocycles. The standard InChI is InChI=1S/C14H15NO5/c16-8-3-1-7(2-4-8)15-13(17)11-9-5-6-10(20-9)12(11)14(18)19/h1-4,9-12,16H,5-6H2,(H,15,17)(H,18,19)/t9-,10-,11-,12+/m1/s1. The molecule has 6 heteroatoms. The van der Waals surface area contributed by atoms with Crippen LogP contribution in [0.5, 0.6) is 5.75 Å². The molecule has 1 amide bonds. The summed E-state index contributed by atoms with van der Waals surface area (Å²) in [6.45, 7) is 0. The lowest BCUT2D eigenvalue weighted by Gasteiger charge is -2.23. The summed E-state index contributed by atoms with van der Waals surface area (Å²) in [6, 6.07) is 6.05. The SMILES string of the molecule is O=C(O)[C@@H]1[C@H](C(=O)Nc2ccc(O)cc2)[C@H]2CC[C@H]1O2. The predicted octanol–water partition coefficient (Wildman–Crippen LogP) is 1.21. The Morgan fingerprint density at radius 3 is 2.30 bits per heavy atom. The van der Waals surface area contributed by atoms with Crippen LogP contribution in [0.1, 0.15) is 12.8 Å². The summed E-state index contributed by atoms with van der Waals surface area (Å²) in [4.78, 5) is 23.6. The zero-order valence-corrected chi connectivity index (χ0v) is 10.7. The summed E-state index contributed by atoms with van der Waals surface area (Å²) in [7, 11) is 0. The number of fused-ring (bicyclic) bond motifs is 2. The van der Waals surface area contributed by atoms with Gasteiger partial charge in [-0.15, -0.1) is 0 Å². The Morgan fingerprint density at radius 1 is 1.10 bits per heavy atom. The highest BCUT2D eigenvalue weighted by Gasteiger charge is 2.55. The number of hydrogen-bond acceptors (Lipinski definition) is 4. The minimum atomic E-state index is -0.983. The second-order valence-corrected chi connectivity index (χ2v) is 5.22. The smallest absolute Gasteiger partial charge is 0.310 e. The summed E-state index contributed by atoms with van der Waals surface area (Å²) >= 11 is 0. The average Bonchev–Trinajstić information content (AvgIpc) is 3.01. The van der Waals surface area contributed by atoms with Crippen molar-refractivity contribution in [3.05, 3.63) is 24.3 Å². The van der Waals surface area contributed by atoms with E-state index in [0.29, 0.717) is 12.1 Å². The van der Waals surface area contributed by atoms with Gasteiger partial charge in [-0.2, -0.15) is 0 Å². The number of carbonyl (C=O) groups is 2. The highest BCUT2D eigenvalue weighted by Crippen LogP contribution is 2.44. The molecule has 0 spiro atoms. The molecule has 20 heavy (non-hydrogen) atoms. The van der Waals surface area contributed by atoms with E-state index in [9.17, 15) is 19.8 Å². The highest BCUT2D eigenvalue weighted by atomic mass is 16.5. The quantitative estimate of drug-likeness (QED) is 0.722. The van der Waals surface area contributed by atoms with Crippen LogP contribution in [0.4, 0.5) is 5.69 Å². The third-order valence-corrected chi connectivity index (χ3v) is 4.00. The van der Waals surface area contributed by atoms with Crippen molar-refractivity contribution in [2.24, 2.45) is 11.8 Å². The molecule has 6 nitrogen and oxygen atoms in total. The van der Waals surface area contributed by atoms with E-state index in [1.54, 1.807) is 12.1 Å². The lowest BCUT2D eigenvalue weighted by molar-refractivity contribution is -0.147. The molecule has 106 valence electrons. The van der Waals surface area contributed by atoms with E-state index in [4.69, 9.17) is 4.74 Å². The van der Waals surface area contributed by atoms with Crippen LogP contribution in [0.15, 0.2) is 24.3 Å². The maximum Gasteiger partial charge on any atom is 0.310 e. The number of ether oxygens (including phenoxy) is 1. The molecule has 0 saturated carbocycles. The van der Waals surface area contributed by atoms with Gasteiger partial charge in [0.15, 0.2) is 0 Å². The molecule has 0 unspecified atom stereocenters. The molecule has 2 bridgehead atoms. The fourth-order valence-corrected chi connectivity index (χ4v) is 3.09. The fourth-order valence-electron chi connectivity index (χ4n) is 3.09. The first-order valence-corrected chi connectivity index (χ1v) is 6.54. The molecule has 0 aromatic heterocycles. The number of phenols is 1. The van der Waals surface area contributed by atoms with Crippen LogP contribution in [0, 0.1) is 11.8 Å². The molecule has 0 radical (unpaired) electrons. The maximum absolute atomic E-state index is 12.3. The average molecular weight is 277 g/mol. The summed E-state index contributed by atoms with van der Waals surface area (Å²) < 4.78 is 5.56. The molecule has 2 aliphatic heterocycles. The van der Waals surface area contributed by atoms with Gasteiger partial charge in [0, 0.05) is 5.69 Å². The van der Waals surface area contributed by atoms with Gasteiger partial charge in [0.05, 0.1) is 24.0 Å². The van der Waals surface area contributed by atoms with Gasteiger partial charge in [-0.05, 0) is 37.1 Å². The first-order valence-electron chi connectivity index (χ1n) is 6.54. The van der Waals surface area contributed by atoms with Crippen LogP contribution in [-0.4, -0.2) is 34.3 Å². The second kappa shape index (κ2) is 4.79. The third-order valence-electron chi connectivity index (χ3n) is 4.00. The Kier molecular flexibility index (Phi) is 3.10. The van der Waals surface area contributed by atoms with Crippen LogP contribution in [-0.2, 0) is 14.3 Å². The summed E-state index contributed by atoms with van der Waals surface area (Å²) in [6.07, 6.45) is 0.762. The highest BCUT2D eigenvalue weighted by molar-refractivity contribution is 5.96. The van der Waals surface area contributed by atoms with Crippen molar-refractivity contribution in [1.82, 2.24) is 0 Å². The number of aromatic hydroxyl groups is 1. The lowest BCUT2D eigenvalue weighted by atomic mass is 9.78. The number of benzene rings is 1. The summed E-state index contributed by atoms with van der Waals surface area (Å²) in [5.74, 6) is -2.64. The van der Waals surface area contributed by atoms with E-state index < -0.39 is 17.8 Å². The molecule has 2 aliphatic rings. The molecule has 4 atom stereocenters. The van der Waals surface area contributed by atoms with E-state index in [-0.39, 0.29) is 23.9 Å². The Balaban J connectivity index is 1.76. The first-order chi connectivity index (χ1) is 9.56. The van der Waals surface area contributed by atoms with Gasteiger partial charge in [0.1, 0.15) is 5.75 Å². The van der Waals surface area contributed by atoms with Crippen molar-refractivity contribution in [3.8, 4) is 5.75 Å². The molecule has 3 N–H and O–H groups in total. The minimum Gasteiger partial charge on any atom is -0.508 e. The Morgan fingerprint density at radius 2 is 1.70 bits per heavy atom. The number of carboxylic acids is 1. The number of nitrogens with one attached hydrogen (secondary N) is 1. The predicted molar refractivity (Wildman–Crippen MR) is 69.2 cm³/mol. The molecule has 2 fully saturated rings. The molecular formula is C14H15NO5. The van der Waals surface area contributed by atoms with Crippen LogP contribution < -0.4 is 5.32 Å². The minimum absolute atomic E-state index is 0.106. The Hall–Kier alpha value is -2.08. The van der Waals surface area contributed by atoms with E-state index in [0.717, 1.165) is 6.42 Å². The van der Waals surface area contributed by atoms with Gasteiger partial charge < -0.3 is 20.3 Å². The Bertz CT molecular complexity index is 541. The van der Waals surface area contributed by atoms with Gasteiger partial charge in [0.2, 0.25) is 5.91 Å². The van der Waals surface area contributed by atoms with E-state index in [2.05, 4.69) is 5.32 Å². The number of phenolic OH excluding ortho intramolecular Hbond substituents is 1. The maximum atomic E-state index is 12.3. The molecular weight excluding hydrogens is 262 g/mol. The molecule has 2 heterocycles. The summed E-state index contributed by atoms with van der Waals surface area (Å²) in [5, 5.41) is 21.1. The number of anilines is 1. The molecule has 1 aromatic carbocycles. The number of carbonyl (C=O) groups excluding carboxylic acids is 1. The van der Waals surface area contributed by atoms with Crippen LogP contribution in [0.3, 0.4) is 0 Å². The van der Waals surface area contributed by atoms with Crippen LogP contribution >= 0.6 is 0 Å². The molecule has 1 aromatic rings. The zero-order valence-electron chi connectivity index (χ0n) is 10.7. The number of aliphatic carboxylic acids is 1. The topological polar surface area (TPSA) is 95.9 Å². The van der Waals surface area contributed by atoms with Crippen molar-refractivity contribution < 1.29 is 24.5 Å². The van der Waals surface area contributed by atoms with Crippen molar-refractivity contribution >= 4 is 17.6 Å². The van der Waals surface area contributed by atoms with Crippen molar-refractivity contribution in [1.29, 1.82) is 0 Å². The summed E-state index contributed by atoms with van der Waals surface area (Å²) in [5.41, 5.74) is 0.528. The van der Waals surface area contributed by atoms with Crippen LogP contribution in [0.2, 0.25) is 0 Å². The monoisotopic (exact) mass is 277 g/mol. The third kappa shape index (κ3) is 2.12. The van der Waals surface area contributed by atoms with Gasteiger partial charge in [-0.3, -0.25) is 9.59 Å². The molecule has 3 rings (SSSR count). The Labute approximate surface area is 115 Å². The van der Waals surface area contributed by atoms with E-state index in [1.807, 2.05) is 0 Å². The largest absolute Gasteiger partial charge is 0.508 e. The van der Waals surface area contributed by atoms with E-state index >= 15 is 0 Å². The number of amides is 1. The van der Waals surface area contributed by atoms with Crippen LogP contribution in [0.25, 0.3) is 0 Å². The first kappa shape index (κ1) is 12.9. The van der Waals surface area contributed by atoms with Gasteiger partial charge in [-0.25, -0.2) is 0 Å². The van der Waals surface area contributed by atoms with Gasteiger partial charge in [0.25, 0.3) is 0 Å². The normalized spacial score (nSPS) is 31.2. The van der Waals surface area contributed by atoms with Crippen molar-refractivity contribution in [2.45, 2.75) is 25.0 Å². The number of rotatable bonds is 3. The van der Waals surface area contributed by atoms with Gasteiger partial charge in [-0.1, -0.05) is 0 Å². The number of hydrogen-bond donors (Lipinski definition) is 3. The van der Waals surface area contributed by atoms with Crippen molar-refractivity contribution in [3.63, 3.8) is 0 Å². The second-order valence-electron chi connectivity index (χ2n) is 5.22. The zero-order chi connectivity index (χ0) is 14.3. The van der Waals surface area contributed by atoms with Crippen molar-refractivity contribution in [2.75, 3.05) is 5.32 Å². The molecule has 2 saturated heterocycles. The fraction of sp³-hybridized carbons (Fsp3) is 0.429.